The van der Waals surface area contributed by atoms with E-state index in [9.17, 15) is 14.4 Å². The van der Waals surface area contributed by atoms with E-state index in [1.54, 1.807) is 6.07 Å². The monoisotopic (exact) mass is 526 g/mol. The van der Waals surface area contributed by atoms with Crippen LogP contribution in [0.25, 0.3) is 0 Å². The van der Waals surface area contributed by atoms with E-state index in [1.165, 1.54) is 21.9 Å². The first-order valence-corrected chi connectivity index (χ1v) is 13.1. The highest BCUT2D eigenvalue weighted by atomic mass is 35.5. The van der Waals surface area contributed by atoms with Gasteiger partial charge < -0.3 is 20.7 Å². The summed E-state index contributed by atoms with van der Waals surface area (Å²) in [6.07, 6.45) is 1.46. The Balaban J connectivity index is 1.86. The molecule has 3 rings (SSSR count). The predicted molar refractivity (Wildman–Crippen MR) is 136 cm³/mol. The minimum absolute atomic E-state index is 0.222. The number of rotatable bonds is 6. The maximum Gasteiger partial charge on any atom is 0.412 e. The van der Waals surface area contributed by atoms with E-state index in [0.29, 0.717) is 36.4 Å². The van der Waals surface area contributed by atoms with Crippen molar-refractivity contribution in [2.24, 2.45) is 23.5 Å². The molecule has 3 N–H and O–H groups in total. The lowest BCUT2D eigenvalue weighted by Gasteiger charge is -2.43. The number of halogens is 2. The molecule has 0 radical (unpaired) electrons. The summed E-state index contributed by atoms with van der Waals surface area (Å²) in [4.78, 5) is 42.8. The number of hydrogen-bond acceptors (Lipinski definition) is 5. The fourth-order valence-electron chi connectivity index (χ4n) is 5.04. The summed E-state index contributed by atoms with van der Waals surface area (Å²) in [6, 6.07) is 4.56. The number of hydrogen-bond donors (Lipinski definition) is 2. The van der Waals surface area contributed by atoms with Gasteiger partial charge in [0.25, 0.3) is 11.8 Å². The molecule has 4 unspecified atom stereocenters. The van der Waals surface area contributed by atoms with Gasteiger partial charge in [-0.3, -0.25) is 14.5 Å². The van der Waals surface area contributed by atoms with Crippen LogP contribution in [0.5, 0.6) is 0 Å². The Morgan fingerprint density at radius 2 is 1.86 bits per heavy atom. The molecule has 194 valence electrons. The fraction of sp³-hybridized carbons (Fsp3) is 0.640. The number of ether oxygens (including phenoxy) is 1. The van der Waals surface area contributed by atoms with Crippen molar-refractivity contribution in [2.45, 2.75) is 58.7 Å². The molecule has 1 heterocycles. The van der Waals surface area contributed by atoms with Gasteiger partial charge in [0.05, 0.1) is 10.0 Å². The van der Waals surface area contributed by atoms with E-state index < -0.39 is 24.1 Å². The summed E-state index contributed by atoms with van der Waals surface area (Å²) < 4.78 is 6.03. The molecule has 2 fully saturated rings. The fourth-order valence-corrected chi connectivity index (χ4v) is 5.34. The Hall–Kier alpha value is -2.03. The van der Waals surface area contributed by atoms with Crippen molar-refractivity contribution in [1.82, 2.24) is 15.1 Å². The summed E-state index contributed by atoms with van der Waals surface area (Å²) in [5.74, 6) is 0.204. The maximum atomic E-state index is 13.5. The van der Waals surface area contributed by atoms with Crippen LogP contribution in [0, 0.1) is 17.8 Å². The standard InChI is InChI=1S/C25H36Cl2N4O4/c1-15(2)18-7-5-16(3)13-21(18)35-25(34)31-12-4-11-30(23(31)22(32)29-10-9-28)24(33)17-6-8-19(26)20(27)14-17/h6,8,14-16,18,21,23H,4-5,7,9-13,28H2,1-3H3,(H,29,32). The van der Waals surface area contributed by atoms with E-state index in [2.05, 4.69) is 26.1 Å². The molecule has 1 aromatic carbocycles. The minimum Gasteiger partial charge on any atom is -0.446 e. The highest BCUT2D eigenvalue weighted by Crippen LogP contribution is 2.36. The highest BCUT2D eigenvalue weighted by molar-refractivity contribution is 6.42. The normalized spacial score (nSPS) is 24.9. The first-order valence-electron chi connectivity index (χ1n) is 12.3. The zero-order chi connectivity index (χ0) is 25.7. The number of nitrogens with one attached hydrogen (secondary N) is 1. The molecule has 10 heteroatoms. The second-order valence-electron chi connectivity index (χ2n) is 9.88. The van der Waals surface area contributed by atoms with E-state index in [4.69, 9.17) is 33.7 Å². The van der Waals surface area contributed by atoms with Gasteiger partial charge in [-0.05, 0) is 55.2 Å². The Kier molecular flexibility index (Phi) is 9.67. The Bertz CT molecular complexity index is 929. The number of amides is 3. The van der Waals surface area contributed by atoms with Crippen molar-refractivity contribution < 1.29 is 19.1 Å². The SMILES string of the molecule is CC1CCC(C(C)C)C(OC(=O)N2CCCN(C(=O)c3ccc(Cl)c(Cl)c3)C2C(=O)NCCN)C1. The molecule has 3 amide bonds. The highest BCUT2D eigenvalue weighted by Gasteiger charge is 2.43. The van der Waals surface area contributed by atoms with Gasteiger partial charge in [-0.15, -0.1) is 0 Å². The third kappa shape index (κ3) is 6.60. The molecule has 8 nitrogen and oxygen atoms in total. The van der Waals surface area contributed by atoms with Gasteiger partial charge in [0, 0.05) is 31.7 Å². The van der Waals surface area contributed by atoms with E-state index in [-0.39, 0.29) is 35.7 Å². The lowest BCUT2D eigenvalue weighted by atomic mass is 9.75. The summed E-state index contributed by atoms with van der Waals surface area (Å²) in [5, 5.41) is 3.29. The second kappa shape index (κ2) is 12.3. The Morgan fingerprint density at radius 3 is 2.51 bits per heavy atom. The third-order valence-electron chi connectivity index (χ3n) is 6.94. The molecule has 1 saturated carbocycles. The zero-order valence-corrected chi connectivity index (χ0v) is 22.1. The van der Waals surface area contributed by atoms with Crippen LogP contribution in [0.4, 0.5) is 4.79 Å². The van der Waals surface area contributed by atoms with Crippen molar-refractivity contribution in [3.63, 3.8) is 0 Å². The van der Waals surface area contributed by atoms with E-state index >= 15 is 0 Å². The topological polar surface area (TPSA) is 105 Å². The molecule has 4 atom stereocenters. The first-order chi connectivity index (χ1) is 16.6. The molecule has 1 aliphatic heterocycles. The van der Waals surface area contributed by atoms with Crippen molar-refractivity contribution in [3.05, 3.63) is 33.8 Å². The van der Waals surface area contributed by atoms with Crippen LogP contribution in [-0.2, 0) is 9.53 Å². The summed E-state index contributed by atoms with van der Waals surface area (Å²) in [7, 11) is 0. The predicted octanol–water partition coefficient (Wildman–Crippen LogP) is 4.14. The van der Waals surface area contributed by atoms with Gasteiger partial charge >= 0.3 is 6.09 Å². The summed E-state index contributed by atoms with van der Waals surface area (Å²) >= 11 is 12.1. The third-order valence-corrected chi connectivity index (χ3v) is 7.68. The van der Waals surface area contributed by atoms with Crippen LogP contribution < -0.4 is 11.1 Å². The molecular weight excluding hydrogens is 491 g/mol. The van der Waals surface area contributed by atoms with Crippen LogP contribution in [0.1, 0.15) is 56.8 Å². The van der Waals surface area contributed by atoms with Crippen molar-refractivity contribution in [3.8, 4) is 0 Å². The van der Waals surface area contributed by atoms with E-state index in [0.717, 1.165) is 19.3 Å². The average molecular weight is 527 g/mol. The van der Waals surface area contributed by atoms with Gasteiger partial charge in [0.1, 0.15) is 6.10 Å². The molecule has 0 bridgehead atoms. The second-order valence-corrected chi connectivity index (χ2v) is 10.7. The molecule has 0 spiro atoms. The first kappa shape index (κ1) is 27.6. The molecule has 1 aromatic rings. The Morgan fingerprint density at radius 1 is 1.14 bits per heavy atom. The number of benzene rings is 1. The van der Waals surface area contributed by atoms with Gasteiger partial charge in [-0.1, -0.05) is 50.4 Å². The maximum absolute atomic E-state index is 13.5. The lowest BCUT2D eigenvalue weighted by molar-refractivity contribution is -0.134. The minimum atomic E-state index is -1.15. The molecule has 1 saturated heterocycles. The van der Waals surface area contributed by atoms with Gasteiger partial charge in [0.2, 0.25) is 0 Å². The van der Waals surface area contributed by atoms with Crippen molar-refractivity contribution in [1.29, 1.82) is 0 Å². The molecule has 0 aromatic heterocycles. The lowest BCUT2D eigenvalue weighted by Crippen LogP contribution is -2.64. The quantitative estimate of drug-likeness (QED) is 0.579. The molecule has 35 heavy (non-hydrogen) atoms. The van der Waals surface area contributed by atoms with Gasteiger partial charge in [0.15, 0.2) is 6.17 Å². The van der Waals surface area contributed by atoms with Crippen LogP contribution in [0.15, 0.2) is 18.2 Å². The Labute approximate surface area is 217 Å². The van der Waals surface area contributed by atoms with Crippen LogP contribution >= 0.6 is 23.2 Å². The van der Waals surface area contributed by atoms with E-state index in [1.807, 2.05) is 0 Å². The number of carbonyl (C=O) groups excluding carboxylic acids is 3. The summed E-state index contributed by atoms with van der Waals surface area (Å²) in [6.45, 7) is 7.52. The molecule has 2 aliphatic rings. The van der Waals surface area contributed by atoms with Gasteiger partial charge in [-0.25, -0.2) is 4.79 Å². The number of nitrogens with zero attached hydrogens (tertiary/aromatic N) is 2. The number of nitrogens with two attached hydrogens (primary N) is 1. The van der Waals surface area contributed by atoms with Crippen molar-refractivity contribution in [2.75, 3.05) is 26.2 Å². The number of carbonyl (C=O) groups is 3. The summed E-state index contributed by atoms with van der Waals surface area (Å²) in [5.41, 5.74) is 5.85. The average Bonchev–Trinajstić information content (AvgIpc) is 2.83. The van der Waals surface area contributed by atoms with Crippen LogP contribution in [-0.4, -0.2) is 66.2 Å². The largest absolute Gasteiger partial charge is 0.446 e. The van der Waals surface area contributed by atoms with Crippen LogP contribution in [0.3, 0.4) is 0 Å². The molecular formula is C25H36Cl2N4O4. The van der Waals surface area contributed by atoms with Gasteiger partial charge in [-0.2, -0.15) is 0 Å². The zero-order valence-electron chi connectivity index (χ0n) is 20.6. The van der Waals surface area contributed by atoms with Crippen molar-refractivity contribution >= 4 is 41.1 Å². The molecule has 1 aliphatic carbocycles. The van der Waals surface area contributed by atoms with Crippen LogP contribution in [0.2, 0.25) is 10.0 Å². The smallest absolute Gasteiger partial charge is 0.412 e.